The molecule has 0 radical (unpaired) electrons. The number of aryl methyl sites for hydroxylation is 1. The van der Waals surface area contributed by atoms with E-state index in [9.17, 15) is 0 Å². The van der Waals surface area contributed by atoms with Crippen molar-refractivity contribution in [2.75, 3.05) is 0 Å². The largest absolute Gasteiger partial charge is 0.368 e. The SMILES string of the molecule is CCC1CCCC(OC(c2ccc(C)s2)C(C)N)C1. The number of nitrogens with two attached hydrogens (primary N) is 1. The van der Waals surface area contributed by atoms with Crippen molar-refractivity contribution < 1.29 is 4.74 Å². The Morgan fingerprint density at radius 3 is 2.79 bits per heavy atom. The zero-order chi connectivity index (χ0) is 13.8. The Morgan fingerprint density at radius 1 is 1.42 bits per heavy atom. The second-order valence-electron chi connectivity index (χ2n) is 5.93. The Bertz CT molecular complexity index is 388. The van der Waals surface area contributed by atoms with E-state index in [4.69, 9.17) is 10.5 Å². The van der Waals surface area contributed by atoms with Crippen LogP contribution in [0.2, 0.25) is 0 Å². The lowest BCUT2D eigenvalue weighted by atomic mass is 9.85. The van der Waals surface area contributed by atoms with Gasteiger partial charge in [-0.3, -0.25) is 0 Å². The smallest absolute Gasteiger partial charge is 0.107 e. The van der Waals surface area contributed by atoms with E-state index in [2.05, 4.69) is 32.9 Å². The Labute approximate surface area is 121 Å². The zero-order valence-corrected chi connectivity index (χ0v) is 13.2. The van der Waals surface area contributed by atoms with Crippen LogP contribution in [0.1, 0.15) is 61.8 Å². The lowest BCUT2D eigenvalue weighted by Gasteiger charge is -2.32. The van der Waals surface area contributed by atoms with E-state index in [0.29, 0.717) is 6.10 Å². The first-order valence-electron chi connectivity index (χ1n) is 7.57. The number of thiophene rings is 1. The second-order valence-corrected chi connectivity index (χ2v) is 7.25. The van der Waals surface area contributed by atoms with Crippen LogP contribution in [0.25, 0.3) is 0 Å². The number of hydrogen-bond acceptors (Lipinski definition) is 3. The first kappa shape index (κ1) is 15.0. The molecule has 3 heteroatoms. The summed E-state index contributed by atoms with van der Waals surface area (Å²) in [6, 6.07) is 4.39. The van der Waals surface area contributed by atoms with Crippen molar-refractivity contribution in [1.29, 1.82) is 0 Å². The van der Waals surface area contributed by atoms with Gasteiger partial charge in [0.25, 0.3) is 0 Å². The van der Waals surface area contributed by atoms with Gasteiger partial charge in [-0.1, -0.05) is 26.2 Å². The molecule has 1 fully saturated rings. The molecule has 0 spiro atoms. The first-order chi connectivity index (χ1) is 9.10. The Balaban J connectivity index is 2.00. The molecule has 4 unspecified atom stereocenters. The summed E-state index contributed by atoms with van der Waals surface area (Å²) >= 11 is 1.81. The van der Waals surface area contributed by atoms with Crippen molar-refractivity contribution >= 4 is 11.3 Å². The van der Waals surface area contributed by atoms with Gasteiger partial charge >= 0.3 is 0 Å². The standard InChI is InChI=1S/C16H27NOS/c1-4-13-6-5-7-14(10-13)18-16(12(3)17)15-9-8-11(2)19-15/h8-9,12-14,16H,4-7,10,17H2,1-3H3. The molecule has 0 bridgehead atoms. The molecule has 0 aliphatic heterocycles. The monoisotopic (exact) mass is 281 g/mol. The van der Waals surface area contributed by atoms with Crippen molar-refractivity contribution in [3.8, 4) is 0 Å². The van der Waals surface area contributed by atoms with Crippen molar-refractivity contribution in [1.82, 2.24) is 0 Å². The van der Waals surface area contributed by atoms with Crippen molar-refractivity contribution in [2.24, 2.45) is 11.7 Å². The van der Waals surface area contributed by atoms with Gasteiger partial charge in [0.2, 0.25) is 0 Å². The summed E-state index contributed by atoms with van der Waals surface area (Å²) in [7, 11) is 0. The maximum atomic E-state index is 6.37. The molecule has 1 aromatic heterocycles. The molecule has 0 amide bonds. The summed E-state index contributed by atoms with van der Waals surface area (Å²) in [4.78, 5) is 2.62. The molecule has 108 valence electrons. The van der Waals surface area contributed by atoms with Gasteiger partial charge in [0.1, 0.15) is 6.10 Å². The van der Waals surface area contributed by atoms with E-state index in [1.807, 2.05) is 11.3 Å². The molecule has 2 nitrogen and oxygen atoms in total. The predicted octanol–water partition coefficient (Wildman–Crippen LogP) is 4.43. The highest BCUT2D eigenvalue weighted by atomic mass is 32.1. The van der Waals surface area contributed by atoms with E-state index in [1.54, 1.807) is 0 Å². The zero-order valence-electron chi connectivity index (χ0n) is 12.4. The van der Waals surface area contributed by atoms with Crippen LogP contribution in [-0.4, -0.2) is 12.1 Å². The van der Waals surface area contributed by atoms with Gasteiger partial charge in [-0.15, -0.1) is 11.3 Å². The first-order valence-corrected chi connectivity index (χ1v) is 8.39. The van der Waals surface area contributed by atoms with Crippen LogP contribution in [0, 0.1) is 12.8 Å². The molecule has 1 heterocycles. The Hall–Kier alpha value is -0.380. The fraction of sp³-hybridized carbons (Fsp3) is 0.750. The van der Waals surface area contributed by atoms with Crippen LogP contribution < -0.4 is 5.73 Å². The highest BCUT2D eigenvalue weighted by Gasteiger charge is 2.27. The fourth-order valence-corrected chi connectivity index (χ4v) is 4.03. The highest BCUT2D eigenvalue weighted by Crippen LogP contribution is 2.34. The van der Waals surface area contributed by atoms with Crippen LogP contribution in [0.3, 0.4) is 0 Å². The van der Waals surface area contributed by atoms with E-state index in [1.165, 1.54) is 41.9 Å². The molecule has 1 saturated carbocycles. The summed E-state index contributed by atoms with van der Waals surface area (Å²) < 4.78 is 6.37. The summed E-state index contributed by atoms with van der Waals surface area (Å²) in [5.41, 5.74) is 6.14. The van der Waals surface area contributed by atoms with Gasteiger partial charge in [0.15, 0.2) is 0 Å². The minimum atomic E-state index is 0.0556. The average molecular weight is 281 g/mol. The van der Waals surface area contributed by atoms with Crippen LogP contribution >= 0.6 is 11.3 Å². The normalized spacial score (nSPS) is 27.2. The third kappa shape index (κ3) is 4.04. The third-order valence-electron chi connectivity index (χ3n) is 4.17. The van der Waals surface area contributed by atoms with Crippen molar-refractivity contribution in [3.63, 3.8) is 0 Å². The van der Waals surface area contributed by atoms with Gasteiger partial charge in [0, 0.05) is 15.8 Å². The lowest BCUT2D eigenvalue weighted by molar-refractivity contribution is -0.0492. The summed E-state index contributed by atoms with van der Waals surface area (Å²) in [5, 5.41) is 0. The number of hydrogen-bond donors (Lipinski definition) is 1. The molecule has 0 saturated heterocycles. The van der Waals surface area contributed by atoms with Gasteiger partial charge in [-0.25, -0.2) is 0 Å². The van der Waals surface area contributed by atoms with Crippen LogP contribution in [0.4, 0.5) is 0 Å². The quantitative estimate of drug-likeness (QED) is 0.866. The number of ether oxygens (including phenoxy) is 1. The molecular formula is C16H27NOS. The van der Waals surface area contributed by atoms with Crippen molar-refractivity contribution in [3.05, 3.63) is 21.9 Å². The summed E-state index contributed by atoms with van der Waals surface area (Å²) in [6.07, 6.45) is 6.83. The van der Waals surface area contributed by atoms with E-state index < -0.39 is 0 Å². The maximum absolute atomic E-state index is 6.37. The highest BCUT2D eigenvalue weighted by molar-refractivity contribution is 7.12. The Kier molecular flexibility index (Phi) is 5.43. The molecule has 1 aromatic rings. The van der Waals surface area contributed by atoms with Crippen LogP contribution in [0.15, 0.2) is 12.1 Å². The molecule has 1 aliphatic carbocycles. The van der Waals surface area contributed by atoms with Crippen LogP contribution in [0.5, 0.6) is 0 Å². The summed E-state index contributed by atoms with van der Waals surface area (Å²) in [5.74, 6) is 0.845. The molecule has 4 atom stereocenters. The second kappa shape index (κ2) is 6.87. The van der Waals surface area contributed by atoms with Crippen LogP contribution in [-0.2, 0) is 4.74 Å². The fourth-order valence-electron chi connectivity index (χ4n) is 3.00. The van der Waals surface area contributed by atoms with E-state index >= 15 is 0 Å². The van der Waals surface area contributed by atoms with Crippen molar-refractivity contribution in [2.45, 2.75) is 71.1 Å². The van der Waals surface area contributed by atoms with Gasteiger partial charge in [-0.2, -0.15) is 0 Å². The summed E-state index contributed by atoms with van der Waals surface area (Å²) in [6.45, 7) is 6.48. The molecular weight excluding hydrogens is 254 g/mol. The minimum Gasteiger partial charge on any atom is -0.368 e. The topological polar surface area (TPSA) is 35.2 Å². The average Bonchev–Trinajstić information content (AvgIpc) is 2.82. The molecule has 1 aliphatic rings. The lowest BCUT2D eigenvalue weighted by Crippen LogP contribution is -2.32. The van der Waals surface area contributed by atoms with Gasteiger partial charge in [0.05, 0.1) is 6.10 Å². The molecule has 0 aromatic carbocycles. The van der Waals surface area contributed by atoms with Gasteiger partial charge < -0.3 is 10.5 Å². The minimum absolute atomic E-state index is 0.0556. The van der Waals surface area contributed by atoms with E-state index in [-0.39, 0.29) is 12.1 Å². The number of rotatable bonds is 5. The Morgan fingerprint density at radius 2 is 2.21 bits per heavy atom. The molecule has 19 heavy (non-hydrogen) atoms. The molecule has 2 rings (SSSR count). The third-order valence-corrected chi connectivity index (χ3v) is 5.23. The maximum Gasteiger partial charge on any atom is 0.107 e. The molecule has 2 N–H and O–H groups in total. The van der Waals surface area contributed by atoms with Gasteiger partial charge in [-0.05, 0) is 44.7 Å². The van der Waals surface area contributed by atoms with E-state index in [0.717, 1.165) is 5.92 Å². The predicted molar refractivity (Wildman–Crippen MR) is 82.6 cm³/mol.